The molecule has 1 heterocycles. The Bertz CT molecular complexity index is 489. The Morgan fingerprint density at radius 3 is 2.86 bits per heavy atom. The minimum atomic E-state index is -0.140. The second-order valence-corrected chi connectivity index (χ2v) is 5.76. The van der Waals surface area contributed by atoms with Gasteiger partial charge in [0.1, 0.15) is 5.82 Å². The zero-order valence-corrected chi connectivity index (χ0v) is 13.6. The Hall–Kier alpha value is -1.62. The summed E-state index contributed by atoms with van der Waals surface area (Å²) in [5, 5.41) is 6.54. The number of likely N-dealkylation sites (tertiary alicyclic amines) is 1. The first-order valence-electron chi connectivity index (χ1n) is 8.16. The van der Waals surface area contributed by atoms with Crippen molar-refractivity contribution in [3.8, 4) is 0 Å². The minimum absolute atomic E-state index is 0.140. The lowest BCUT2D eigenvalue weighted by Gasteiger charge is -2.18. The molecule has 1 aromatic carbocycles. The number of aliphatic imine (C=N–C) groups is 1. The lowest BCUT2D eigenvalue weighted by Crippen LogP contribution is -2.39. The van der Waals surface area contributed by atoms with Crippen molar-refractivity contribution in [3.05, 3.63) is 35.6 Å². The maximum Gasteiger partial charge on any atom is 0.191 e. The quantitative estimate of drug-likeness (QED) is 0.624. The monoisotopic (exact) mass is 306 g/mol. The van der Waals surface area contributed by atoms with E-state index >= 15 is 0 Å². The number of rotatable bonds is 6. The van der Waals surface area contributed by atoms with Crippen molar-refractivity contribution < 1.29 is 4.39 Å². The second-order valence-electron chi connectivity index (χ2n) is 5.76. The van der Waals surface area contributed by atoms with E-state index in [4.69, 9.17) is 0 Å². The molecule has 1 aliphatic rings. The van der Waals surface area contributed by atoms with Crippen LogP contribution in [0.15, 0.2) is 29.3 Å². The van der Waals surface area contributed by atoms with Gasteiger partial charge in [-0.1, -0.05) is 18.2 Å². The standard InChI is InChI=1S/C17H27FN4/c1-3-19-17(21-13-15-8-6-12-22(15)2)20-11-10-14-7-4-5-9-16(14)18/h4-5,7,9,15H,3,6,8,10-13H2,1-2H3,(H2,19,20,21). The molecule has 122 valence electrons. The summed E-state index contributed by atoms with van der Waals surface area (Å²) in [4.78, 5) is 7.03. The average molecular weight is 306 g/mol. The Morgan fingerprint density at radius 1 is 1.36 bits per heavy atom. The van der Waals surface area contributed by atoms with E-state index in [1.54, 1.807) is 6.07 Å². The number of likely N-dealkylation sites (N-methyl/N-ethyl adjacent to an activating group) is 1. The van der Waals surface area contributed by atoms with Crippen LogP contribution in [0, 0.1) is 5.82 Å². The first-order chi connectivity index (χ1) is 10.7. The van der Waals surface area contributed by atoms with Crippen LogP contribution in [0.5, 0.6) is 0 Å². The molecule has 0 amide bonds. The van der Waals surface area contributed by atoms with Gasteiger partial charge in [0, 0.05) is 19.1 Å². The molecule has 2 N–H and O–H groups in total. The fourth-order valence-corrected chi connectivity index (χ4v) is 2.77. The van der Waals surface area contributed by atoms with E-state index in [2.05, 4.69) is 34.5 Å². The van der Waals surface area contributed by atoms with Crippen molar-refractivity contribution >= 4 is 5.96 Å². The van der Waals surface area contributed by atoms with E-state index in [1.165, 1.54) is 18.9 Å². The molecule has 1 aromatic rings. The van der Waals surface area contributed by atoms with Gasteiger partial charge in [-0.3, -0.25) is 4.99 Å². The van der Waals surface area contributed by atoms with Crippen molar-refractivity contribution in [2.75, 3.05) is 33.2 Å². The Labute approximate surface area is 132 Å². The average Bonchev–Trinajstić information content (AvgIpc) is 2.92. The van der Waals surface area contributed by atoms with Crippen molar-refractivity contribution in [1.82, 2.24) is 15.5 Å². The molecule has 1 saturated heterocycles. The SMILES string of the molecule is CCNC(=NCC1CCCN1C)NCCc1ccccc1F. The third kappa shape index (κ3) is 4.98. The largest absolute Gasteiger partial charge is 0.357 e. The number of nitrogens with one attached hydrogen (secondary N) is 2. The van der Waals surface area contributed by atoms with Crippen molar-refractivity contribution in [1.29, 1.82) is 0 Å². The van der Waals surface area contributed by atoms with Gasteiger partial charge in [0.15, 0.2) is 5.96 Å². The molecule has 1 atom stereocenters. The number of nitrogens with zero attached hydrogens (tertiary/aromatic N) is 2. The lowest BCUT2D eigenvalue weighted by atomic mass is 10.1. The van der Waals surface area contributed by atoms with E-state index in [0.717, 1.165) is 31.2 Å². The summed E-state index contributed by atoms with van der Waals surface area (Å²) in [6.45, 7) is 5.53. The van der Waals surface area contributed by atoms with Crippen LogP contribution < -0.4 is 10.6 Å². The molecule has 5 heteroatoms. The van der Waals surface area contributed by atoms with E-state index in [-0.39, 0.29) is 5.82 Å². The predicted octanol–water partition coefficient (Wildman–Crippen LogP) is 2.02. The Kier molecular flexibility index (Phi) is 6.65. The molecule has 0 bridgehead atoms. The fourth-order valence-electron chi connectivity index (χ4n) is 2.77. The van der Waals surface area contributed by atoms with Gasteiger partial charge in [-0.05, 0) is 51.4 Å². The van der Waals surface area contributed by atoms with E-state index in [1.807, 2.05) is 12.1 Å². The zero-order valence-electron chi connectivity index (χ0n) is 13.6. The molecule has 0 aliphatic carbocycles. The van der Waals surface area contributed by atoms with Gasteiger partial charge in [0.25, 0.3) is 0 Å². The van der Waals surface area contributed by atoms with Gasteiger partial charge in [0.05, 0.1) is 6.54 Å². The van der Waals surface area contributed by atoms with Crippen molar-refractivity contribution in [3.63, 3.8) is 0 Å². The van der Waals surface area contributed by atoms with Crippen LogP contribution in [0.2, 0.25) is 0 Å². The third-order valence-electron chi connectivity index (χ3n) is 4.12. The topological polar surface area (TPSA) is 39.7 Å². The summed E-state index contributed by atoms with van der Waals surface area (Å²) in [6.07, 6.45) is 3.13. The van der Waals surface area contributed by atoms with Crippen LogP contribution in [0.1, 0.15) is 25.3 Å². The fraction of sp³-hybridized carbons (Fsp3) is 0.588. The summed E-state index contributed by atoms with van der Waals surface area (Å²) >= 11 is 0. The summed E-state index contributed by atoms with van der Waals surface area (Å²) in [5.74, 6) is 0.679. The van der Waals surface area contributed by atoms with E-state index < -0.39 is 0 Å². The first-order valence-corrected chi connectivity index (χ1v) is 8.16. The highest BCUT2D eigenvalue weighted by atomic mass is 19.1. The number of hydrogen-bond acceptors (Lipinski definition) is 2. The Balaban J connectivity index is 1.82. The molecule has 22 heavy (non-hydrogen) atoms. The molecule has 0 radical (unpaired) electrons. The highest BCUT2D eigenvalue weighted by molar-refractivity contribution is 5.79. The predicted molar refractivity (Wildman–Crippen MR) is 89.7 cm³/mol. The van der Waals surface area contributed by atoms with E-state index in [0.29, 0.717) is 19.0 Å². The summed E-state index contributed by atoms with van der Waals surface area (Å²) < 4.78 is 13.6. The number of hydrogen-bond donors (Lipinski definition) is 2. The minimum Gasteiger partial charge on any atom is -0.357 e. The van der Waals surface area contributed by atoms with Crippen LogP contribution in [0.4, 0.5) is 4.39 Å². The van der Waals surface area contributed by atoms with Crippen LogP contribution in [0.25, 0.3) is 0 Å². The Morgan fingerprint density at radius 2 is 2.18 bits per heavy atom. The first kappa shape index (κ1) is 16.7. The molecule has 1 unspecified atom stereocenters. The lowest BCUT2D eigenvalue weighted by molar-refractivity contribution is 0.317. The van der Waals surface area contributed by atoms with Gasteiger partial charge < -0.3 is 15.5 Å². The van der Waals surface area contributed by atoms with Gasteiger partial charge >= 0.3 is 0 Å². The molecule has 1 aliphatic heterocycles. The molecule has 0 spiro atoms. The number of guanidine groups is 1. The van der Waals surface area contributed by atoms with Crippen molar-refractivity contribution in [2.45, 2.75) is 32.2 Å². The molecular formula is C17H27FN4. The zero-order chi connectivity index (χ0) is 15.8. The summed E-state index contributed by atoms with van der Waals surface area (Å²) in [6, 6.07) is 7.46. The summed E-state index contributed by atoms with van der Waals surface area (Å²) in [7, 11) is 2.16. The molecule has 4 nitrogen and oxygen atoms in total. The van der Waals surface area contributed by atoms with Crippen LogP contribution in [0.3, 0.4) is 0 Å². The maximum absolute atomic E-state index is 13.6. The smallest absolute Gasteiger partial charge is 0.191 e. The van der Waals surface area contributed by atoms with Gasteiger partial charge in [0.2, 0.25) is 0 Å². The van der Waals surface area contributed by atoms with Crippen LogP contribution in [-0.2, 0) is 6.42 Å². The summed E-state index contributed by atoms with van der Waals surface area (Å²) in [5.41, 5.74) is 0.737. The maximum atomic E-state index is 13.6. The van der Waals surface area contributed by atoms with Crippen molar-refractivity contribution in [2.24, 2.45) is 4.99 Å². The van der Waals surface area contributed by atoms with Crippen LogP contribution in [-0.4, -0.2) is 50.1 Å². The van der Waals surface area contributed by atoms with Gasteiger partial charge in [-0.15, -0.1) is 0 Å². The highest BCUT2D eigenvalue weighted by Crippen LogP contribution is 2.14. The number of benzene rings is 1. The second kappa shape index (κ2) is 8.73. The third-order valence-corrected chi connectivity index (χ3v) is 4.12. The van der Waals surface area contributed by atoms with Crippen LogP contribution >= 0.6 is 0 Å². The highest BCUT2D eigenvalue weighted by Gasteiger charge is 2.20. The molecule has 0 aromatic heterocycles. The van der Waals surface area contributed by atoms with Gasteiger partial charge in [-0.25, -0.2) is 4.39 Å². The normalized spacial score (nSPS) is 19.4. The molecule has 2 rings (SSSR count). The van der Waals surface area contributed by atoms with E-state index in [9.17, 15) is 4.39 Å². The molecule has 1 fully saturated rings. The van der Waals surface area contributed by atoms with Gasteiger partial charge in [-0.2, -0.15) is 0 Å². The number of halogens is 1. The molecular weight excluding hydrogens is 279 g/mol. The molecule has 0 saturated carbocycles.